The number of aromatic amines is 1. The van der Waals surface area contributed by atoms with Crippen molar-refractivity contribution in [3.63, 3.8) is 0 Å². The summed E-state index contributed by atoms with van der Waals surface area (Å²) in [7, 11) is -3.20. The standard InChI is InChI=1S/C14H17N3O5S/c1-23(20,21)17-6-4-16(5-7-17)13(18)9-10-2-3-12-11(8-10)15-14(19)22-12/h2-3,8H,4-7,9H2,1H3,(H,15,19). The maximum absolute atomic E-state index is 12.3. The number of hydrogen-bond acceptors (Lipinski definition) is 5. The van der Waals surface area contributed by atoms with Crippen LogP contribution in [0.25, 0.3) is 11.1 Å². The van der Waals surface area contributed by atoms with Crippen LogP contribution in [0.4, 0.5) is 0 Å². The molecule has 1 aromatic carbocycles. The molecule has 0 saturated carbocycles. The van der Waals surface area contributed by atoms with Gasteiger partial charge in [-0.15, -0.1) is 0 Å². The highest BCUT2D eigenvalue weighted by Gasteiger charge is 2.25. The maximum Gasteiger partial charge on any atom is 0.417 e. The zero-order valence-electron chi connectivity index (χ0n) is 12.6. The minimum Gasteiger partial charge on any atom is -0.408 e. The van der Waals surface area contributed by atoms with Gasteiger partial charge in [-0.2, -0.15) is 4.31 Å². The summed E-state index contributed by atoms with van der Waals surface area (Å²) in [4.78, 5) is 27.7. The lowest BCUT2D eigenvalue weighted by molar-refractivity contribution is -0.131. The van der Waals surface area contributed by atoms with E-state index in [0.29, 0.717) is 37.3 Å². The number of piperazine rings is 1. The number of rotatable bonds is 3. The molecule has 1 amide bonds. The highest BCUT2D eigenvalue weighted by atomic mass is 32.2. The van der Waals surface area contributed by atoms with E-state index in [4.69, 9.17) is 4.42 Å². The summed E-state index contributed by atoms with van der Waals surface area (Å²) in [6, 6.07) is 5.10. The Morgan fingerprint density at radius 2 is 1.96 bits per heavy atom. The van der Waals surface area contributed by atoms with Gasteiger partial charge in [0.15, 0.2) is 5.58 Å². The number of hydrogen-bond donors (Lipinski definition) is 1. The van der Waals surface area contributed by atoms with Crippen LogP contribution in [0.5, 0.6) is 0 Å². The first-order chi connectivity index (χ1) is 10.8. The van der Waals surface area contributed by atoms with Crippen LogP contribution < -0.4 is 5.76 Å². The molecule has 2 heterocycles. The van der Waals surface area contributed by atoms with Crippen molar-refractivity contribution in [2.45, 2.75) is 6.42 Å². The predicted molar refractivity (Wildman–Crippen MR) is 83.5 cm³/mol. The highest BCUT2D eigenvalue weighted by molar-refractivity contribution is 7.88. The van der Waals surface area contributed by atoms with E-state index in [-0.39, 0.29) is 12.3 Å². The van der Waals surface area contributed by atoms with Crippen molar-refractivity contribution in [3.05, 3.63) is 34.3 Å². The molecule has 0 aliphatic carbocycles. The van der Waals surface area contributed by atoms with Crippen molar-refractivity contribution in [1.29, 1.82) is 0 Å². The van der Waals surface area contributed by atoms with Crippen LogP contribution >= 0.6 is 0 Å². The van der Waals surface area contributed by atoms with Crippen LogP contribution in [0.3, 0.4) is 0 Å². The number of fused-ring (bicyclic) bond motifs is 1. The summed E-state index contributed by atoms with van der Waals surface area (Å²) in [6.07, 6.45) is 1.37. The number of H-pyrrole nitrogens is 1. The Labute approximate surface area is 132 Å². The molecule has 0 radical (unpaired) electrons. The number of sulfonamides is 1. The molecule has 0 bridgehead atoms. The average molecular weight is 339 g/mol. The van der Waals surface area contributed by atoms with E-state index in [1.807, 2.05) is 0 Å². The molecule has 3 rings (SSSR count). The summed E-state index contributed by atoms with van der Waals surface area (Å²) >= 11 is 0. The second kappa shape index (κ2) is 5.82. The van der Waals surface area contributed by atoms with Crippen LogP contribution in [0, 0.1) is 0 Å². The number of aromatic nitrogens is 1. The third-order valence-electron chi connectivity index (χ3n) is 3.90. The summed E-state index contributed by atoms with van der Waals surface area (Å²) in [5, 5.41) is 0. The molecular weight excluding hydrogens is 322 g/mol. The van der Waals surface area contributed by atoms with Gasteiger partial charge in [0.2, 0.25) is 15.9 Å². The van der Waals surface area contributed by atoms with E-state index in [2.05, 4.69) is 4.98 Å². The van der Waals surface area contributed by atoms with Crippen molar-refractivity contribution in [2.75, 3.05) is 32.4 Å². The van der Waals surface area contributed by atoms with E-state index < -0.39 is 15.8 Å². The second-order valence-corrected chi connectivity index (χ2v) is 7.55. The van der Waals surface area contributed by atoms with Gasteiger partial charge in [-0.3, -0.25) is 9.78 Å². The Morgan fingerprint density at radius 3 is 2.61 bits per heavy atom. The fourth-order valence-electron chi connectivity index (χ4n) is 2.66. The Kier molecular flexibility index (Phi) is 3.99. The van der Waals surface area contributed by atoms with Gasteiger partial charge in [-0.25, -0.2) is 13.2 Å². The summed E-state index contributed by atoms with van der Waals surface area (Å²) < 4.78 is 29.2. The minimum absolute atomic E-state index is 0.0663. The second-order valence-electron chi connectivity index (χ2n) is 5.56. The molecule has 124 valence electrons. The molecule has 1 aliphatic rings. The fraction of sp³-hybridized carbons (Fsp3) is 0.429. The third kappa shape index (κ3) is 3.45. The number of carbonyl (C=O) groups excluding carboxylic acids is 1. The number of nitrogens with one attached hydrogen (secondary N) is 1. The van der Waals surface area contributed by atoms with Gasteiger partial charge in [0.05, 0.1) is 18.2 Å². The van der Waals surface area contributed by atoms with Crippen LogP contribution in [0.15, 0.2) is 27.4 Å². The molecule has 1 fully saturated rings. The first kappa shape index (κ1) is 15.8. The van der Waals surface area contributed by atoms with Gasteiger partial charge < -0.3 is 9.32 Å². The average Bonchev–Trinajstić information content (AvgIpc) is 2.86. The number of amides is 1. The normalized spacial score (nSPS) is 16.8. The largest absolute Gasteiger partial charge is 0.417 e. The van der Waals surface area contributed by atoms with Gasteiger partial charge in [0.25, 0.3) is 0 Å². The SMILES string of the molecule is CS(=O)(=O)N1CCN(C(=O)Cc2ccc3oc(=O)[nH]c3c2)CC1. The van der Waals surface area contributed by atoms with Crippen LogP contribution in [0.1, 0.15) is 5.56 Å². The quantitative estimate of drug-likeness (QED) is 0.832. The van der Waals surface area contributed by atoms with Crippen LogP contribution in [-0.4, -0.2) is 60.9 Å². The third-order valence-corrected chi connectivity index (χ3v) is 5.20. The molecule has 0 unspecified atom stereocenters. The first-order valence-corrected chi connectivity index (χ1v) is 9.02. The lowest BCUT2D eigenvalue weighted by Crippen LogP contribution is -2.50. The molecule has 9 heteroatoms. The summed E-state index contributed by atoms with van der Waals surface area (Å²) in [6.45, 7) is 1.41. The van der Waals surface area contributed by atoms with Crippen molar-refractivity contribution in [3.8, 4) is 0 Å². The predicted octanol–water partition coefficient (Wildman–Crippen LogP) is -0.233. The number of oxazole rings is 1. The number of nitrogens with zero attached hydrogens (tertiary/aromatic N) is 2. The van der Waals surface area contributed by atoms with E-state index in [9.17, 15) is 18.0 Å². The molecule has 0 spiro atoms. The van der Waals surface area contributed by atoms with E-state index in [1.165, 1.54) is 10.6 Å². The van der Waals surface area contributed by atoms with Crippen molar-refractivity contribution >= 4 is 27.0 Å². The van der Waals surface area contributed by atoms with E-state index >= 15 is 0 Å². The molecule has 2 aromatic rings. The fourth-order valence-corrected chi connectivity index (χ4v) is 3.49. The molecule has 1 aromatic heterocycles. The molecule has 8 nitrogen and oxygen atoms in total. The smallest absolute Gasteiger partial charge is 0.408 e. The topological polar surface area (TPSA) is 104 Å². The lowest BCUT2D eigenvalue weighted by Gasteiger charge is -2.33. The molecule has 23 heavy (non-hydrogen) atoms. The van der Waals surface area contributed by atoms with Gasteiger partial charge in [-0.1, -0.05) is 6.07 Å². The van der Waals surface area contributed by atoms with E-state index in [1.54, 1.807) is 23.1 Å². The highest BCUT2D eigenvalue weighted by Crippen LogP contribution is 2.14. The number of carbonyl (C=O) groups is 1. The van der Waals surface area contributed by atoms with Crippen LogP contribution in [0.2, 0.25) is 0 Å². The van der Waals surface area contributed by atoms with Gasteiger partial charge in [0.1, 0.15) is 0 Å². The van der Waals surface area contributed by atoms with Crippen molar-refractivity contribution in [1.82, 2.24) is 14.2 Å². The van der Waals surface area contributed by atoms with Gasteiger partial charge in [0, 0.05) is 26.2 Å². The molecule has 1 aliphatic heterocycles. The molecule has 1 N–H and O–H groups in total. The maximum atomic E-state index is 12.3. The van der Waals surface area contributed by atoms with Gasteiger partial charge >= 0.3 is 5.76 Å². The van der Waals surface area contributed by atoms with Crippen molar-refractivity contribution in [2.24, 2.45) is 0 Å². The molecular formula is C14H17N3O5S. The zero-order valence-corrected chi connectivity index (χ0v) is 13.4. The van der Waals surface area contributed by atoms with Gasteiger partial charge in [-0.05, 0) is 17.7 Å². The Hall–Kier alpha value is -2.13. The first-order valence-electron chi connectivity index (χ1n) is 7.17. The van der Waals surface area contributed by atoms with E-state index in [0.717, 1.165) is 5.56 Å². The molecule has 1 saturated heterocycles. The Bertz CT molecular complexity index is 891. The minimum atomic E-state index is -3.20. The zero-order chi connectivity index (χ0) is 16.6. The molecule has 0 atom stereocenters. The summed E-state index contributed by atoms with van der Waals surface area (Å²) in [5.74, 6) is -0.594. The van der Waals surface area contributed by atoms with Crippen molar-refractivity contribution < 1.29 is 17.6 Å². The lowest BCUT2D eigenvalue weighted by atomic mass is 10.1. The number of benzene rings is 1. The Morgan fingerprint density at radius 1 is 1.26 bits per heavy atom. The monoisotopic (exact) mass is 339 g/mol. The van der Waals surface area contributed by atoms with Crippen LogP contribution in [-0.2, 0) is 21.2 Å². The Balaban J connectivity index is 1.66. The summed E-state index contributed by atoms with van der Waals surface area (Å²) in [5.41, 5.74) is 1.78.